The van der Waals surface area contributed by atoms with Crippen LogP contribution in [-0.4, -0.2) is 17.0 Å². The molecule has 1 aromatic rings. The molecule has 15 heavy (non-hydrogen) atoms. The van der Waals surface area contributed by atoms with Gasteiger partial charge in [0.25, 0.3) is 5.91 Å². The largest absolute Gasteiger partial charge is 0.508 e. The van der Waals surface area contributed by atoms with E-state index in [1.54, 1.807) is 18.2 Å². The number of nitrogens with one attached hydrogen (secondary N) is 2. The number of benzene rings is 1. The molecule has 1 amide bonds. The highest BCUT2D eigenvalue weighted by atomic mass is 16.3. The maximum absolute atomic E-state index is 11.0. The summed E-state index contributed by atoms with van der Waals surface area (Å²) in [6, 6.07) is 6.35. The van der Waals surface area contributed by atoms with Crippen molar-refractivity contribution < 1.29 is 9.90 Å². The molecule has 0 unspecified atom stereocenters. The van der Waals surface area contributed by atoms with Gasteiger partial charge in [-0.2, -0.15) is 0 Å². The van der Waals surface area contributed by atoms with E-state index in [0.29, 0.717) is 0 Å². The Morgan fingerprint density at radius 3 is 2.53 bits per heavy atom. The van der Waals surface area contributed by atoms with Crippen molar-refractivity contribution in [3.05, 3.63) is 35.9 Å². The van der Waals surface area contributed by atoms with E-state index in [1.165, 1.54) is 18.2 Å². The third-order valence-corrected chi connectivity index (χ3v) is 1.58. The smallest absolute Gasteiger partial charge is 0.250 e. The Kier molecular flexibility index (Phi) is 3.45. The molecule has 78 valence electrons. The van der Waals surface area contributed by atoms with E-state index in [2.05, 4.69) is 5.32 Å². The molecule has 0 aliphatic heterocycles. The van der Waals surface area contributed by atoms with Crippen molar-refractivity contribution >= 4 is 17.9 Å². The van der Waals surface area contributed by atoms with Crippen molar-refractivity contribution in [2.45, 2.75) is 0 Å². The summed E-state index contributed by atoms with van der Waals surface area (Å²) in [5.41, 5.74) is 5.74. The Bertz CT molecular complexity index is 396. The van der Waals surface area contributed by atoms with Gasteiger partial charge in [0, 0.05) is 6.08 Å². The zero-order chi connectivity index (χ0) is 11.3. The van der Waals surface area contributed by atoms with E-state index < -0.39 is 11.9 Å². The summed E-state index contributed by atoms with van der Waals surface area (Å²) in [5.74, 6) is -0.689. The molecule has 0 saturated heterocycles. The van der Waals surface area contributed by atoms with Crippen LogP contribution >= 0.6 is 0 Å². The van der Waals surface area contributed by atoms with Crippen LogP contribution in [0.1, 0.15) is 5.56 Å². The van der Waals surface area contributed by atoms with Gasteiger partial charge in [-0.3, -0.25) is 15.5 Å². The van der Waals surface area contributed by atoms with Crippen molar-refractivity contribution in [2.24, 2.45) is 5.73 Å². The average Bonchev–Trinajstić information content (AvgIpc) is 2.16. The van der Waals surface area contributed by atoms with E-state index in [0.717, 1.165) is 5.56 Å². The second-order valence-corrected chi connectivity index (χ2v) is 2.83. The van der Waals surface area contributed by atoms with Gasteiger partial charge in [0.05, 0.1) is 0 Å². The van der Waals surface area contributed by atoms with E-state index in [1.807, 2.05) is 0 Å². The normalized spacial score (nSPS) is 10.1. The summed E-state index contributed by atoms with van der Waals surface area (Å²) in [7, 11) is 0. The third-order valence-electron chi connectivity index (χ3n) is 1.58. The van der Waals surface area contributed by atoms with Crippen LogP contribution in [0, 0.1) is 5.41 Å². The number of amides is 1. The molecule has 0 bridgehead atoms. The minimum Gasteiger partial charge on any atom is -0.508 e. The fourth-order valence-electron chi connectivity index (χ4n) is 0.932. The van der Waals surface area contributed by atoms with Crippen molar-refractivity contribution in [3.63, 3.8) is 0 Å². The topological polar surface area (TPSA) is 99.2 Å². The maximum atomic E-state index is 11.0. The lowest BCUT2D eigenvalue weighted by atomic mass is 10.2. The summed E-state index contributed by atoms with van der Waals surface area (Å²) in [6.45, 7) is 0. The number of carbonyl (C=O) groups is 1. The lowest BCUT2D eigenvalue weighted by molar-refractivity contribution is -0.115. The van der Waals surface area contributed by atoms with Crippen LogP contribution in [-0.2, 0) is 4.79 Å². The van der Waals surface area contributed by atoms with Crippen LogP contribution in [0.5, 0.6) is 5.75 Å². The van der Waals surface area contributed by atoms with Crippen molar-refractivity contribution in [3.8, 4) is 5.75 Å². The summed E-state index contributed by atoms with van der Waals surface area (Å²) >= 11 is 0. The van der Waals surface area contributed by atoms with Crippen LogP contribution in [0.3, 0.4) is 0 Å². The minimum atomic E-state index is -0.462. The molecule has 0 saturated carbocycles. The Hall–Kier alpha value is -2.30. The predicted octanol–water partition coefficient (Wildman–Crippen LogP) is 0.415. The third kappa shape index (κ3) is 3.95. The number of nitrogens with two attached hydrogens (primary N) is 1. The van der Waals surface area contributed by atoms with E-state index in [-0.39, 0.29) is 5.75 Å². The van der Waals surface area contributed by atoms with Gasteiger partial charge in [-0.05, 0) is 23.8 Å². The van der Waals surface area contributed by atoms with Gasteiger partial charge in [-0.15, -0.1) is 0 Å². The van der Waals surface area contributed by atoms with Gasteiger partial charge in [0.1, 0.15) is 5.75 Å². The molecule has 5 heteroatoms. The molecule has 0 heterocycles. The Balaban J connectivity index is 2.61. The fourth-order valence-corrected chi connectivity index (χ4v) is 0.932. The summed E-state index contributed by atoms with van der Waals surface area (Å²) < 4.78 is 0. The molecule has 1 rings (SSSR count). The van der Waals surface area contributed by atoms with Gasteiger partial charge in [-0.1, -0.05) is 12.1 Å². The zero-order valence-corrected chi connectivity index (χ0v) is 7.90. The lowest BCUT2D eigenvalue weighted by Crippen LogP contribution is -2.34. The van der Waals surface area contributed by atoms with Crippen molar-refractivity contribution in [1.29, 1.82) is 5.41 Å². The maximum Gasteiger partial charge on any atom is 0.250 e. The number of phenols is 1. The Morgan fingerprint density at radius 1 is 1.40 bits per heavy atom. The Labute approximate surface area is 86.7 Å². The predicted molar refractivity (Wildman–Crippen MR) is 57.2 cm³/mol. The summed E-state index contributed by atoms with van der Waals surface area (Å²) in [5, 5.41) is 17.9. The first-order chi connectivity index (χ1) is 7.08. The molecule has 0 spiro atoms. The van der Waals surface area contributed by atoms with Crippen LogP contribution in [0.2, 0.25) is 0 Å². The number of hydrogen-bond donors (Lipinski definition) is 4. The SMILES string of the molecule is N=C(N)NC(=O)C=Cc1ccc(O)cc1. The molecule has 1 aromatic carbocycles. The first-order valence-corrected chi connectivity index (χ1v) is 4.20. The average molecular weight is 205 g/mol. The van der Waals surface area contributed by atoms with Crippen LogP contribution in [0.15, 0.2) is 30.3 Å². The minimum absolute atomic E-state index is 0.167. The molecule has 0 aliphatic carbocycles. The monoisotopic (exact) mass is 205 g/mol. The first kappa shape index (κ1) is 10.8. The van der Waals surface area contributed by atoms with Crippen molar-refractivity contribution in [1.82, 2.24) is 5.32 Å². The van der Waals surface area contributed by atoms with E-state index in [9.17, 15) is 4.79 Å². The van der Waals surface area contributed by atoms with Crippen LogP contribution in [0.25, 0.3) is 6.08 Å². The van der Waals surface area contributed by atoms with E-state index >= 15 is 0 Å². The van der Waals surface area contributed by atoms with Crippen LogP contribution < -0.4 is 11.1 Å². The quantitative estimate of drug-likeness (QED) is 0.320. The van der Waals surface area contributed by atoms with Crippen molar-refractivity contribution in [2.75, 3.05) is 0 Å². The molecule has 0 radical (unpaired) electrons. The summed E-state index contributed by atoms with van der Waals surface area (Å²) in [6.07, 6.45) is 2.81. The Morgan fingerprint density at radius 2 is 2.00 bits per heavy atom. The number of carbonyl (C=O) groups excluding carboxylic acids is 1. The van der Waals surface area contributed by atoms with Gasteiger partial charge in [0.15, 0.2) is 5.96 Å². The number of guanidine groups is 1. The standard InChI is InChI=1S/C10H11N3O2/c11-10(12)13-9(15)6-3-7-1-4-8(14)5-2-7/h1-6,14H,(H4,11,12,13,15). The van der Waals surface area contributed by atoms with Gasteiger partial charge < -0.3 is 10.8 Å². The molecular weight excluding hydrogens is 194 g/mol. The fraction of sp³-hybridized carbons (Fsp3) is 0. The number of aromatic hydroxyl groups is 1. The molecule has 0 atom stereocenters. The second-order valence-electron chi connectivity index (χ2n) is 2.83. The molecule has 0 aromatic heterocycles. The van der Waals surface area contributed by atoms with Gasteiger partial charge in [-0.25, -0.2) is 0 Å². The first-order valence-electron chi connectivity index (χ1n) is 4.20. The highest BCUT2D eigenvalue weighted by Gasteiger charge is 1.95. The number of hydrogen-bond acceptors (Lipinski definition) is 3. The molecule has 0 fully saturated rings. The highest BCUT2D eigenvalue weighted by Crippen LogP contribution is 2.10. The second kappa shape index (κ2) is 4.80. The van der Waals surface area contributed by atoms with Crippen LogP contribution in [0.4, 0.5) is 0 Å². The number of rotatable bonds is 2. The molecule has 0 aliphatic rings. The molecule has 5 N–H and O–H groups in total. The highest BCUT2D eigenvalue weighted by molar-refractivity contribution is 6.02. The zero-order valence-electron chi connectivity index (χ0n) is 7.90. The summed E-state index contributed by atoms with van der Waals surface area (Å²) in [4.78, 5) is 11.0. The molecule has 5 nitrogen and oxygen atoms in total. The lowest BCUT2D eigenvalue weighted by Gasteiger charge is -1.96. The number of phenolic OH excluding ortho intramolecular Hbond substituents is 1. The van der Waals surface area contributed by atoms with Gasteiger partial charge in [0.2, 0.25) is 0 Å². The van der Waals surface area contributed by atoms with Gasteiger partial charge >= 0.3 is 0 Å². The van der Waals surface area contributed by atoms with E-state index in [4.69, 9.17) is 16.2 Å². The molecular formula is C10H11N3O2.